The lowest BCUT2D eigenvalue weighted by atomic mass is 9.94. The molecular formula is C7H8BrF3. The molecule has 0 N–H and O–H groups in total. The summed E-state index contributed by atoms with van der Waals surface area (Å²) in [4.78, 5) is 0. The molecule has 1 unspecified atom stereocenters. The molecule has 1 aliphatic rings. The fourth-order valence-electron chi connectivity index (χ4n) is 1.10. The molecule has 4 heteroatoms. The van der Waals surface area contributed by atoms with Crippen molar-refractivity contribution in [1.82, 2.24) is 0 Å². The van der Waals surface area contributed by atoms with Gasteiger partial charge >= 0.3 is 6.18 Å². The molecule has 1 aliphatic carbocycles. The molecule has 0 spiro atoms. The predicted octanol–water partition coefficient (Wildman–Crippen LogP) is 3.63. The van der Waals surface area contributed by atoms with Crippen molar-refractivity contribution in [3.05, 3.63) is 10.6 Å². The molecule has 0 fully saturated rings. The molecular weight excluding hydrogens is 221 g/mol. The van der Waals surface area contributed by atoms with Gasteiger partial charge in [-0.05, 0) is 23.7 Å². The lowest BCUT2D eigenvalue weighted by Crippen LogP contribution is -2.23. The molecule has 0 aromatic rings. The van der Waals surface area contributed by atoms with Crippen LogP contribution < -0.4 is 0 Å². The minimum Gasteiger partial charge on any atom is -0.171 e. The first-order chi connectivity index (χ1) is 5.00. The van der Waals surface area contributed by atoms with Crippen molar-refractivity contribution >= 4 is 15.9 Å². The van der Waals surface area contributed by atoms with Crippen LogP contribution >= 0.6 is 15.9 Å². The van der Waals surface area contributed by atoms with Gasteiger partial charge in [-0.3, -0.25) is 0 Å². The van der Waals surface area contributed by atoms with Gasteiger partial charge in [0.2, 0.25) is 0 Å². The van der Waals surface area contributed by atoms with Crippen LogP contribution in [0.1, 0.15) is 19.3 Å². The minimum atomic E-state index is -4.01. The molecule has 0 saturated carbocycles. The summed E-state index contributed by atoms with van der Waals surface area (Å²) in [6.45, 7) is 0. The second-order valence-electron chi connectivity index (χ2n) is 2.66. The summed E-state index contributed by atoms with van der Waals surface area (Å²) in [6, 6.07) is 0. The highest BCUT2D eigenvalue weighted by atomic mass is 79.9. The van der Waals surface area contributed by atoms with E-state index in [4.69, 9.17) is 0 Å². The average molecular weight is 229 g/mol. The van der Waals surface area contributed by atoms with Gasteiger partial charge in [0.1, 0.15) is 0 Å². The van der Waals surface area contributed by atoms with E-state index in [1.54, 1.807) is 6.08 Å². The van der Waals surface area contributed by atoms with Crippen LogP contribution in [-0.2, 0) is 0 Å². The van der Waals surface area contributed by atoms with Crippen LogP contribution in [0.15, 0.2) is 10.6 Å². The van der Waals surface area contributed by atoms with Crippen LogP contribution in [0.4, 0.5) is 13.2 Å². The number of alkyl halides is 3. The third kappa shape index (κ3) is 2.51. The van der Waals surface area contributed by atoms with Gasteiger partial charge in [0.05, 0.1) is 5.92 Å². The molecule has 0 bridgehead atoms. The Bertz CT molecular complexity index is 171. The van der Waals surface area contributed by atoms with Crippen LogP contribution in [0.3, 0.4) is 0 Å². The molecule has 0 amide bonds. The maximum Gasteiger partial charge on any atom is 0.392 e. The molecule has 0 heterocycles. The van der Waals surface area contributed by atoms with Crippen molar-refractivity contribution in [3.8, 4) is 0 Å². The quantitative estimate of drug-likeness (QED) is 0.594. The largest absolute Gasteiger partial charge is 0.392 e. The molecule has 0 radical (unpaired) electrons. The van der Waals surface area contributed by atoms with Gasteiger partial charge in [-0.1, -0.05) is 22.0 Å². The number of hydrogen-bond donors (Lipinski definition) is 0. The Labute approximate surface area is 71.6 Å². The van der Waals surface area contributed by atoms with Crippen LogP contribution in [0.5, 0.6) is 0 Å². The summed E-state index contributed by atoms with van der Waals surface area (Å²) in [5.41, 5.74) is 0. The van der Waals surface area contributed by atoms with E-state index in [1.165, 1.54) is 0 Å². The summed E-state index contributed by atoms with van der Waals surface area (Å²) >= 11 is 3.18. The van der Waals surface area contributed by atoms with E-state index in [2.05, 4.69) is 15.9 Å². The van der Waals surface area contributed by atoms with Crippen LogP contribution in [0, 0.1) is 5.92 Å². The van der Waals surface area contributed by atoms with Gasteiger partial charge < -0.3 is 0 Å². The highest BCUT2D eigenvalue weighted by Gasteiger charge is 2.39. The van der Waals surface area contributed by atoms with Crippen molar-refractivity contribution in [2.75, 3.05) is 0 Å². The van der Waals surface area contributed by atoms with Gasteiger partial charge in [-0.15, -0.1) is 0 Å². The van der Waals surface area contributed by atoms with Crippen LogP contribution in [-0.4, -0.2) is 6.18 Å². The zero-order valence-corrected chi connectivity index (χ0v) is 7.37. The minimum absolute atomic E-state index is 0.129. The molecule has 1 atom stereocenters. The second kappa shape index (κ2) is 3.17. The van der Waals surface area contributed by atoms with Crippen molar-refractivity contribution in [2.24, 2.45) is 5.92 Å². The van der Waals surface area contributed by atoms with Crippen LogP contribution in [0.2, 0.25) is 0 Å². The number of allylic oxidation sites excluding steroid dienone is 2. The Balaban J connectivity index is 2.54. The van der Waals surface area contributed by atoms with E-state index >= 15 is 0 Å². The van der Waals surface area contributed by atoms with E-state index in [0.29, 0.717) is 6.42 Å². The number of halogens is 4. The Morgan fingerprint density at radius 3 is 2.45 bits per heavy atom. The van der Waals surface area contributed by atoms with Gasteiger partial charge in [0.25, 0.3) is 0 Å². The SMILES string of the molecule is FC(F)(F)C1CC=C(Br)CC1. The third-order valence-corrected chi connectivity index (χ3v) is 2.54. The lowest BCUT2D eigenvalue weighted by molar-refractivity contribution is -0.176. The highest BCUT2D eigenvalue weighted by Crippen LogP contribution is 2.37. The number of hydrogen-bond acceptors (Lipinski definition) is 0. The second-order valence-corrected chi connectivity index (χ2v) is 3.68. The standard InChI is InChI=1S/C7H8BrF3/c8-6-3-1-5(2-4-6)7(9,10)11/h3,5H,1-2,4H2. The van der Waals surface area contributed by atoms with Gasteiger partial charge in [-0.2, -0.15) is 13.2 Å². The zero-order chi connectivity index (χ0) is 8.48. The van der Waals surface area contributed by atoms with Gasteiger partial charge in [0.15, 0.2) is 0 Å². The first-order valence-electron chi connectivity index (χ1n) is 3.41. The first-order valence-corrected chi connectivity index (χ1v) is 4.20. The van der Waals surface area contributed by atoms with Gasteiger partial charge in [-0.25, -0.2) is 0 Å². The Hall–Kier alpha value is 0.01000. The Morgan fingerprint density at radius 2 is 2.09 bits per heavy atom. The summed E-state index contributed by atoms with van der Waals surface area (Å²) in [7, 11) is 0. The maximum absolute atomic E-state index is 12.0. The Morgan fingerprint density at radius 1 is 1.45 bits per heavy atom. The third-order valence-electron chi connectivity index (χ3n) is 1.82. The lowest BCUT2D eigenvalue weighted by Gasteiger charge is -2.21. The molecule has 0 aliphatic heterocycles. The molecule has 0 saturated heterocycles. The predicted molar refractivity (Wildman–Crippen MR) is 40.4 cm³/mol. The molecule has 1 rings (SSSR count). The zero-order valence-electron chi connectivity index (χ0n) is 5.79. The summed E-state index contributed by atoms with van der Waals surface area (Å²) in [5.74, 6) is -1.12. The highest BCUT2D eigenvalue weighted by molar-refractivity contribution is 9.11. The normalized spacial score (nSPS) is 26.5. The van der Waals surface area contributed by atoms with Crippen molar-refractivity contribution in [3.63, 3.8) is 0 Å². The summed E-state index contributed by atoms with van der Waals surface area (Å²) in [5, 5.41) is 0. The topological polar surface area (TPSA) is 0 Å². The van der Waals surface area contributed by atoms with Crippen molar-refractivity contribution in [1.29, 1.82) is 0 Å². The average Bonchev–Trinajstić information content (AvgIpc) is 1.86. The molecule has 64 valence electrons. The fraction of sp³-hybridized carbons (Fsp3) is 0.714. The fourth-order valence-corrected chi connectivity index (χ4v) is 1.52. The van der Waals surface area contributed by atoms with Gasteiger partial charge in [0, 0.05) is 0 Å². The summed E-state index contributed by atoms with van der Waals surface area (Å²) < 4.78 is 37.0. The Kier molecular flexibility index (Phi) is 2.62. The molecule has 0 nitrogen and oxygen atoms in total. The molecule has 0 aromatic heterocycles. The first kappa shape index (κ1) is 9.10. The molecule has 0 aromatic carbocycles. The van der Waals surface area contributed by atoms with Crippen molar-refractivity contribution < 1.29 is 13.2 Å². The maximum atomic E-state index is 12.0. The smallest absolute Gasteiger partial charge is 0.171 e. The summed E-state index contributed by atoms with van der Waals surface area (Å²) in [6.07, 6.45) is -1.53. The van der Waals surface area contributed by atoms with E-state index in [1.807, 2.05) is 0 Å². The monoisotopic (exact) mass is 228 g/mol. The van der Waals surface area contributed by atoms with E-state index in [9.17, 15) is 13.2 Å². The number of rotatable bonds is 0. The van der Waals surface area contributed by atoms with E-state index in [0.717, 1.165) is 4.48 Å². The van der Waals surface area contributed by atoms with E-state index < -0.39 is 12.1 Å². The van der Waals surface area contributed by atoms with Crippen LogP contribution in [0.25, 0.3) is 0 Å². The van der Waals surface area contributed by atoms with Crippen molar-refractivity contribution in [2.45, 2.75) is 25.4 Å². The molecule has 11 heavy (non-hydrogen) atoms. The van der Waals surface area contributed by atoms with E-state index in [-0.39, 0.29) is 12.8 Å².